The van der Waals surface area contributed by atoms with Crippen LogP contribution < -0.4 is 0 Å². The SMILES string of the molecule is CCCCCC(C)O[P+](=O)OCC(CC)CCCC. The molecule has 0 saturated carbocycles. The summed E-state index contributed by atoms with van der Waals surface area (Å²) in [5.74, 6) is 0.512. The van der Waals surface area contributed by atoms with Crippen LogP contribution in [-0.2, 0) is 13.6 Å². The predicted molar refractivity (Wildman–Crippen MR) is 81.6 cm³/mol. The van der Waals surface area contributed by atoms with E-state index >= 15 is 0 Å². The number of rotatable bonds is 13. The van der Waals surface area contributed by atoms with Crippen LogP contribution in [0.25, 0.3) is 0 Å². The van der Waals surface area contributed by atoms with Crippen LogP contribution in [0.1, 0.15) is 79.1 Å². The maximum absolute atomic E-state index is 11.7. The topological polar surface area (TPSA) is 35.5 Å². The molecule has 4 heteroatoms. The summed E-state index contributed by atoms with van der Waals surface area (Å²) in [5.41, 5.74) is 0. The van der Waals surface area contributed by atoms with E-state index in [1.165, 1.54) is 25.7 Å². The number of hydrogen-bond acceptors (Lipinski definition) is 3. The zero-order chi connectivity index (χ0) is 14.5. The fraction of sp³-hybridized carbons (Fsp3) is 1.00. The number of hydrogen-bond donors (Lipinski definition) is 0. The van der Waals surface area contributed by atoms with Gasteiger partial charge in [0.2, 0.25) is 0 Å². The van der Waals surface area contributed by atoms with E-state index in [1.807, 2.05) is 6.92 Å². The molecule has 3 unspecified atom stereocenters. The predicted octanol–water partition coefficient (Wildman–Crippen LogP) is 5.86. The zero-order valence-electron chi connectivity index (χ0n) is 13.2. The standard InChI is InChI=1S/C15H32O3P/c1-5-8-10-11-14(4)18-19(16)17-13-15(7-3)12-9-6-2/h14-15H,5-13H2,1-4H3/q+1. The lowest BCUT2D eigenvalue weighted by molar-refractivity contribution is 0.149. The number of unbranched alkanes of at least 4 members (excludes halogenated alkanes) is 3. The van der Waals surface area contributed by atoms with Gasteiger partial charge in [0, 0.05) is 4.57 Å². The largest absolute Gasteiger partial charge is 0.697 e. The van der Waals surface area contributed by atoms with Crippen molar-refractivity contribution < 1.29 is 13.6 Å². The van der Waals surface area contributed by atoms with Crippen LogP contribution >= 0.6 is 8.25 Å². The van der Waals surface area contributed by atoms with Gasteiger partial charge in [0.15, 0.2) is 0 Å². The fourth-order valence-electron chi connectivity index (χ4n) is 1.98. The van der Waals surface area contributed by atoms with Crippen LogP contribution in [0.3, 0.4) is 0 Å². The highest BCUT2D eigenvalue weighted by Gasteiger charge is 2.25. The summed E-state index contributed by atoms with van der Waals surface area (Å²) in [7, 11) is -1.94. The molecule has 0 aliphatic carbocycles. The Hall–Kier alpha value is 0.0200. The first-order valence-electron chi connectivity index (χ1n) is 7.90. The molecule has 0 heterocycles. The van der Waals surface area contributed by atoms with Gasteiger partial charge in [-0.05, 0) is 25.7 Å². The highest BCUT2D eigenvalue weighted by atomic mass is 31.1. The van der Waals surface area contributed by atoms with Gasteiger partial charge >= 0.3 is 8.25 Å². The van der Waals surface area contributed by atoms with Gasteiger partial charge in [0.1, 0.15) is 12.7 Å². The average Bonchev–Trinajstić information content (AvgIpc) is 2.39. The maximum atomic E-state index is 11.7. The van der Waals surface area contributed by atoms with Gasteiger partial charge in [-0.2, -0.15) is 0 Å². The van der Waals surface area contributed by atoms with Gasteiger partial charge in [0.25, 0.3) is 0 Å². The van der Waals surface area contributed by atoms with E-state index in [1.54, 1.807) is 0 Å². The summed E-state index contributed by atoms with van der Waals surface area (Å²) in [6.07, 6.45) is 9.19. The minimum absolute atomic E-state index is 0.0332. The molecule has 3 nitrogen and oxygen atoms in total. The molecule has 0 radical (unpaired) electrons. The van der Waals surface area contributed by atoms with Gasteiger partial charge < -0.3 is 0 Å². The van der Waals surface area contributed by atoms with Crippen LogP contribution in [0.5, 0.6) is 0 Å². The Labute approximate surface area is 120 Å². The first kappa shape index (κ1) is 19.0. The van der Waals surface area contributed by atoms with Gasteiger partial charge in [0.05, 0.1) is 0 Å². The van der Waals surface area contributed by atoms with Crippen molar-refractivity contribution in [2.45, 2.75) is 85.2 Å². The summed E-state index contributed by atoms with van der Waals surface area (Å²) >= 11 is 0. The zero-order valence-corrected chi connectivity index (χ0v) is 14.1. The first-order chi connectivity index (χ1) is 9.13. The molecule has 114 valence electrons. The Balaban J connectivity index is 3.71. The first-order valence-corrected chi connectivity index (χ1v) is 9.00. The second kappa shape index (κ2) is 13.0. The second-order valence-corrected chi connectivity index (χ2v) is 6.26. The summed E-state index contributed by atoms with van der Waals surface area (Å²) < 4.78 is 22.4. The van der Waals surface area contributed by atoms with Crippen molar-refractivity contribution in [3.05, 3.63) is 0 Å². The van der Waals surface area contributed by atoms with Gasteiger partial charge in [-0.1, -0.05) is 59.3 Å². The van der Waals surface area contributed by atoms with Crippen LogP contribution in [-0.4, -0.2) is 12.7 Å². The van der Waals surface area contributed by atoms with Crippen molar-refractivity contribution in [1.29, 1.82) is 0 Å². The third-order valence-corrected chi connectivity index (χ3v) is 4.33. The summed E-state index contributed by atoms with van der Waals surface area (Å²) in [4.78, 5) is 0. The molecule has 0 aliphatic rings. The molecule has 0 saturated heterocycles. The molecule has 0 bridgehead atoms. The quantitative estimate of drug-likeness (QED) is 0.315. The van der Waals surface area contributed by atoms with E-state index in [0.717, 1.165) is 25.7 Å². The lowest BCUT2D eigenvalue weighted by atomic mass is 10.0. The molecule has 0 aliphatic heterocycles. The van der Waals surface area contributed by atoms with Crippen molar-refractivity contribution in [3.63, 3.8) is 0 Å². The van der Waals surface area contributed by atoms with E-state index < -0.39 is 8.25 Å². The molecule has 0 aromatic heterocycles. The summed E-state index contributed by atoms with van der Waals surface area (Å²) in [6, 6.07) is 0. The third-order valence-electron chi connectivity index (χ3n) is 3.44. The summed E-state index contributed by atoms with van der Waals surface area (Å²) in [5, 5.41) is 0. The monoisotopic (exact) mass is 291 g/mol. The van der Waals surface area contributed by atoms with Gasteiger partial charge in [-0.15, -0.1) is 9.05 Å². The smallest absolute Gasteiger partial charge is 0.119 e. The highest BCUT2D eigenvalue weighted by Crippen LogP contribution is 2.29. The van der Waals surface area contributed by atoms with E-state index in [4.69, 9.17) is 9.05 Å². The molecular weight excluding hydrogens is 259 g/mol. The lowest BCUT2D eigenvalue weighted by Crippen LogP contribution is -2.08. The van der Waals surface area contributed by atoms with E-state index in [-0.39, 0.29) is 6.10 Å². The average molecular weight is 291 g/mol. The Bertz CT molecular complexity index is 221. The third kappa shape index (κ3) is 11.5. The fourth-order valence-corrected chi connectivity index (χ4v) is 2.77. The second-order valence-electron chi connectivity index (χ2n) is 5.35. The van der Waals surface area contributed by atoms with E-state index in [0.29, 0.717) is 12.5 Å². The Morgan fingerprint density at radius 1 is 1.00 bits per heavy atom. The van der Waals surface area contributed by atoms with Crippen LogP contribution in [0.15, 0.2) is 0 Å². The molecule has 0 N–H and O–H groups in total. The van der Waals surface area contributed by atoms with Crippen LogP contribution in [0.4, 0.5) is 0 Å². The normalized spacial score (nSPS) is 15.3. The molecule has 3 atom stereocenters. The molecule has 0 spiro atoms. The van der Waals surface area contributed by atoms with Crippen molar-refractivity contribution in [3.8, 4) is 0 Å². The molecule has 19 heavy (non-hydrogen) atoms. The molecule has 0 fully saturated rings. The minimum Gasteiger partial charge on any atom is -0.119 e. The molecule has 0 aromatic carbocycles. The highest BCUT2D eigenvalue weighted by molar-refractivity contribution is 7.33. The Morgan fingerprint density at radius 3 is 2.26 bits per heavy atom. The molecular formula is C15H32O3P+. The molecule has 0 rings (SSSR count). The van der Waals surface area contributed by atoms with Crippen LogP contribution in [0, 0.1) is 5.92 Å². The lowest BCUT2D eigenvalue weighted by Gasteiger charge is -2.10. The van der Waals surface area contributed by atoms with Crippen molar-refractivity contribution in [1.82, 2.24) is 0 Å². The van der Waals surface area contributed by atoms with E-state index in [9.17, 15) is 4.57 Å². The maximum Gasteiger partial charge on any atom is 0.697 e. The molecule has 0 amide bonds. The van der Waals surface area contributed by atoms with Crippen molar-refractivity contribution in [2.24, 2.45) is 5.92 Å². The van der Waals surface area contributed by atoms with Crippen LogP contribution in [0.2, 0.25) is 0 Å². The Morgan fingerprint density at radius 2 is 1.68 bits per heavy atom. The van der Waals surface area contributed by atoms with Crippen molar-refractivity contribution >= 4 is 8.25 Å². The minimum atomic E-state index is -1.94. The van der Waals surface area contributed by atoms with Gasteiger partial charge in [-0.25, -0.2) is 0 Å². The van der Waals surface area contributed by atoms with E-state index in [2.05, 4.69) is 20.8 Å². The molecule has 0 aromatic rings. The Kier molecular flexibility index (Phi) is 13.0. The van der Waals surface area contributed by atoms with Crippen molar-refractivity contribution in [2.75, 3.05) is 6.61 Å². The summed E-state index contributed by atoms with van der Waals surface area (Å²) in [6.45, 7) is 9.06. The van der Waals surface area contributed by atoms with Gasteiger partial charge in [-0.3, -0.25) is 0 Å².